The SMILES string of the molecule is C[SiH](C)c1ccc([SiH](C)C)o1. The van der Waals surface area contributed by atoms with Crippen molar-refractivity contribution in [2.75, 3.05) is 0 Å². The summed E-state index contributed by atoms with van der Waals surface area (Å²) in [6.07, 6.45) is 0. The first-order valence-electron chi connectivity index (χ1n) is 4.21. The smallest absolute Gasteiger partial charge is 0.110 e. The first-order valence-corrected chi connectivity index (χ1v) is 9.98. The van der Waals surface area contributed by atoms with Crippen LogP contribution in [0.1, 0.15) is 0 Å². The molecule has 0 radical (unpaired) electrons. The second-order valence-corrected chi connectivity index (χ2v) is 9.31. The van der Waals surface area contributed by atoms with Crippen LogP contribution in [0.3, 0.4) is 0 Å². The van der Waals surface area contributed by atoms with Gasteiger partial charge in [-0.15, -0.1) is 0 Å². The zero-order valence-electron chi connectivity index (χ0n) is 7.72. The van der Waals surface area contributed by atoms with Crippen LogP contribution in [-0.4, -0.2) is 17.6 Å². The van der Waals surface area contributed by atoms with Crippen LogP contribution in [0.15, 0.2) is 16.5 Å². The molecule has 11 heavy (non-hydrogen) atoms. The fraction of sp³-hybridized carbons (Fsp3) is 0.500. The van der Waals surface area contributed by atoms with Crippen LogP contribution in [-0.2, 0) is 0 Å². The summed E-state index contributed by atoms with van der Waals surface area (Å²) < 4.78 is 5.73. The molecule has 1 aromatic heterocycles. The highest BCUT2D eigenvalue weighted by atomic mass is 28.3. The third-order valence-corrected chi connectivity index (χ3v) is 4.68. The normalized spacial score (nSPS) is 11.5. The fourth-order valence-corrected chi connectivity index (χ4v) is 2.83. The van der Waals surface area contributed by atoms with Crippen molar-refractivity contribution in [3.63, 3.8) is 0 Å². The molecule has 0 atom stereocenters. The maximum Gasteiger partial charge on any atom is 0.110 e. The molecule has 0 aliphatic heterocycles. The first kappa shape index (κ1) is 8.81. The predicted octanol–water partition coefficient (Wildman–Crippen LogP) is 0.667. The van der Waals surface area contributed by atoms with E-state index in [1.165, 1.54) is 10.8 Å². The molecule has 0 unspecified atom stereocenters. The minimum atomic E-state index is -0.694. The van der Waals surface area contributed by atoms with Crippen LogP contribution in [0.4, 0.5) is 0 Å². The number of rotatable bonds is 2. The van der Waals surface area contributed by atoms with E-state index < -0.39 is 17.6 Å². The molecule has 0 aliphatic rings. The zero-order valence-corrected chi connectivity index (χ0v) is 10.0. The van der Waals surface area contributed by atoms with Gasteiger partial charge in [-0.3, -0.25) is 0 Å². The Hall–Kier alpha value is -0.286. The van der Waals surface area contributed by atoms with Crippen LogP contribution < -0.4 is 10.8 Å². The highest BCUT2D eigenvalue weighted by Crippen LogP contribution is 1.89. The molecular formula is C8H16OSi2. The van der Waals surface area contributed by atoms with Crippen molar-refractivity contribution in [1.29, 1.82) is 0 Å². The molecule has 1 heterocycles. The summed E-state index contributed by atoms with van der Waals surface area (Å²) in [6.45, 7) is 9.18. The van der Waals surface area contributed by atoms with E-state index in [1.807, 2.05) is 0 Å². The van der Waals surface area contributed by atoms with Crippen LogP contribution in [0.5, 0.6) is 0 Å². The molecule has 1 aromatic rings. The largest absolute Gasteiger partial charge is 0.477 e. The Morgan fingerprint density at radius 3 is 1.45 bits per heavy atom. The lowest BCUT2D eigenvalue weighted by atomic mass is 10.7. The molecule has 0 spiro atoms. The van der Waals surface area contributed by atoms with Crippen LogP contribution in [0.2, 0.25) is 26.2 Å². The summed E-state index contributed by atoms with van der Waals surface area (Å²) in [5.41, 5.74) is 0. The number of furan rings is 1. The molecule has 1 nitrogen and oxygen atoms in total. The minimum Gasteiger partial charge on any atom is -0.477 e. The number of hydrogen-bond donors (Lipinski definition) is 0. The van der Waals surface area contributed by atoms with Crippen molar-refractivity contribution in [2.45, 2.75) is 26.2 Å². The molecule has 0 amide bonds. The second kappa shape index (κ2) is 3.41. The second-order valence-electron chi connectivity index (χ2n) is 3.55. The third-order valence-electron chi connectivity index (χ3n) is 1.79. The lowest BCUT2D eigenvalue weighted by molar-refractivity contribution is 0.633. The molecule has 62 valence electrons. The average Bonchev–Trinajstić information content (AvgIpc) is 2.33. The van der Waals surface area contributed by atoms with Crippen LogP contribution in [0.25, 0.3) is 0 Å². The molecule has 0 bridgehead atoms. The van der Waals surface area contributed by atoms with E-state index in [0.29, 0.717) is 0 Å². The molecule has 0 N–H and O–H groups in total. The highest BCUT2D eigenvalue weighted by molar-refractivity contribution is 6.72. The van der Waals surface area contributed by atoms with Crippen molar-refractivity contribution >= 4 is 28.4 Å². The Balaban J connectivity index is 2.82. The van der Waals surface area contributed by atoms with Gasteiger partial charge in [0.25, 0.3) is 0 Å². The van der Waals surface area contributed by atoms with E-state index in [1.54, 1.807) is 0 Å². The van der Waals surface area contributed by atoms with Crippen molar-refractivity contribution in [3.05, 3.63) is 12.1 Å². The van der Waals surface area contributed by atoms with Gasteiger partial charge in [-0.25, -0.2) is 0 Å². The first-order chi connectivity index (χ1) is 5.11. The summed E-state index contributed by atoms with van der Waals surface area (Å²) in [5.74, 6) is 0. The summed E-state index contributed by atoms with van der Waals surface area (Å²) in [6, 6.07) is 4.33. The van der Waals surface area contributed by atoms with Crippen LogP contribution >= 0.6 is 0 Å². The van der Waals surface area contributed by atoms with Gasteiger partial charge in [-0.2, -0.15) is 0 Å². The maximum absolute atomic E-state index is 5.73. The van der Waals surface area contributed by atoms with Crippen molar-refractivity contribution in [3.8, 4) is 0 Å². The van der Waals surface area contributed by atoms with Gasteiger partial charge < -0.3 is 4.42 Å². The maximum atomic E-state index is 5.73. The van der Waals surface area contributed by atoms with Gasteiger partial charge >= 0.3 is 0 Å². The Bertz CT molecular complexity index is 205. The number of hydrogen-bond acceptors (Lipinski definition) is 1. The molecule has 3 heteroatoms. The van der Waals surface area contributed by atoms with E-state index in [4.69, 9.17) is 4.42 Å². The van der Waals surface area contributed by atoms with Gasteiger partial charge in [-0.1, -0.05) is 26.2 Å². The van der Waals surface area contributed by atoms with E-state index in [-0.39, 0.29) is 0 Å². The summed E-state index contributed by atoms with van der Waals surface area (Å²) >= 11 is 0. The summed E-state index contributed by atoms with van der Waals surface area (Å²) in [7, 11) is -1.39. The monoisotopic (exact) mass is 184 g/mol. The highest BCUT2D eigenvalue weighted by Gasteiger charge is 2.09. The summed E-state index contributed by atoms with van der Waals surface area (Å²) in [4.78, 5) is 0. The minimum absolute atomic E-state index is 0.694. The van der Waals surface area contributed by atoms with Crippen molar-refractivity contribution < 1.29 is 4.42 Å². The third kappa shape index (κ3) is 2.07. The van der Waals surface area contributed by atoms with Gasteiger partial charge in [0.05, 0.1) is 10.8 Å². The standard InChI is InChI=1S/C8H16OSi2/c1-10(2)7-5-6-8(9-7)11(3)4/h5-6,10-11H,1-4H3. The Morgan fingerprint density at radius 1 is 0.909 bits per heavy atom. The Kier molecular flexibility index (Phi) is 2.73. The zero-order chi connectivity index (χ0) is 8.43. The van der Waals surface area contributed by atoms with Crippen molar-refractivity contribution in [2.24, 2.45) is 0 Å². The van der Waals surface area contributed by atoms with E-state index in [2.05, 4.69) is 38.3 Å². The predicted molar refractivity (Wildman–Crippen MR) is 55.7 cm³/mol. The van der Waals surface area contributed by atoms with Gasteiger partial charge in [0.2, 0.25) is 0 Å². The lowest BCUT2D eigenvalue weighted by Crippen LogP contribution is -2.25. The van der Waals surface area contributed by atoms with Crippen molar-refractivity contribution in [1.82, 2.24) is 0 Å². The van der Waals surface area contributed by atoms with Gasteiger partial charge in [0.15, 0.2) is 0 Å². The quantitative estimate of drug-likeness (QED) is 0.616. The average molecular weight is 184 g/mol. The molecule has 0 aromatic carbocycles. The van der Waals surface area contributed by atoms with Crippen LogP contribution in [0, 0.1) is 0 Å². The topological polar surface area (TPSA) is 13.1 Å². The van der Waals surface area contributed by atoms with E-state index in [0.717, 1.165) is 0 Å². The lowest BCUT2D eigenvalue weighted by Gasteiger charge is -1.99. The molecule has 0 saturated heterocycles. The molecule has 1 rings (SSSR count). The van der Waals surface area contributed by atoms with Gasteiger partial charge in [-0.05, 0) is 12.1 Å². The Labute approximate surface area is 71.6 Å². The van der Waals surface area contributed by atoms with Gasteiger partial charge in [0, 0.05) is 0 Å². The fourth-order valence-electron chi connectivity index (χ4n) is 0.989. The molecular weight excluding hydrogens is 168 g/mol. The Morgan fingerprint density at radius 2 is 1.27 bits per heavy atom. The summed E-state index contributed by atoms with van der Waals surface area (Å²) in [5, 5.41) is 2.53. The van der Waals surface area contributed by atoms with E-state index in [9.17, 15) is 0 Å². The molecule has 0 fully saturated rings. The molecule has 0 aliphatic carbocycles. The van der Waals surface area contributed by atoms with E-state index >= 15 is 0 Å². The molecule has 0 saturated carbocycles. The van der Waals surface area contributed by atoms with Gasteiger partial charge in [0.1, 0.15) is 17.6 Å².